The van der Waals surface area contributed by atoms with Crippen LogP contribution in [0.2, 0.25) is 0 Å². The minimum absolute atomic E-state index is 0.257. The molecule has 0 radical (unpaired) electrons. The third-order valence-corrected chi connectivity index (χ3v) is 2.06. The number of nitriles is 1. The van der Waals surface area contributed by atoms with Gasteiger partial charge >= 0.3 is 5.91 Å². The van der Waals surface area contributed by atoms with E-state index in [1.807, 2.05) is 0 Å². The van der Waals surface area contributed by atoms with Crippen molar-refractivity contribution >= 4 is 5.91 Å². The molecule has 1 heterocycles. The lowest BCUT2D eigenvalue weighted by molar-refractivity contribution is -0.129. The number of carbonyl (C=O) groups is 1. The Kier molecular flexibility index (Phi) is 2.29. The van der Waals surface area contributed by atoms with Crippen LogP contribution in [0.1, 0.15) is 6.92 Å². The first-order chi connectivity index (χ1) is 5.64. The molecule has 66 valence electrons. The number of carbonyl (C=O) groups excluding carboxylic acids is 1. The molecule has 1 amide bonds. The van der Waals surface area contributed by atoms with E-state index in [2.05, 4.69) is 5.32 Å². The summed E-state index contributed by atoms with van der Waals surface area (Å²) in [6, 6.07) is 1.48. The fraction of sp³-hybridized carbons (Fsp3) is 0.714. The van der Waals surface area contributed by atoms with E-state index in [0.29, 0.717) is 6.54 Å². The summed E-state index contributed by atoms with van der Waals surface area (Å²) in [4.78, 5) is 12.2. The molecule has 1 rings (SSSR count). The standard InChI is InChI=1S/C7H10FN3O/c1-7(3-8)4-10-5-11(7)6(12)2-9/h10H,3-5H2,1H3. The molecule has 1 aliphatic heterocycles. The zero-order chi connectivity index (χ0) is 9.19. The Balaban J connectivity index is 2.78. The van der Waals surface area contributed by atoms with Crippen LogP contribution in [-0.2, 0) is 4.79 Å². The van der Waals surface area contributed by atoms with E-state index in [4.69, 9.17) is 5.26 Å². The lowest BCUT2D eigenvalue weighted by Gasteiger charge is -2.28. The molecule has 1 atom stereocenters. The lowest BCUT2D eigenvalue weighted by Crippen LogP contribution is -2.48. The normalized spacial score (nSPS) is 28.6. The van der Waals surface area contributed by atoms with Crippen molar-refractivity contribution in [2.45, 2.75) is 12.5 Å². The lowest BCUT2D eigenvalue weighted by atomic mass is 10.0. The average molecular weight is 171 g/mol. The fourth-order valence-corrected chi connectivity index (χ4v) is 1.22. The minimum atomic E-state index is -0.840. The summed E-state index contributed by atoms with van der Waals surface area (Å²) in [6.45, 7) is 1.64. The highest BCUT2D eigenvalue weighted by Crippen LogP contribution is 2.18. The maximum Gasteiger partial charge on any atom is 0.326 e. The summed E-state index contributed by atoms with van der Waals surface area (Å²) in [5, 5.41) is 11.2. The van der Waals surface area contributed by atoms with Crippen molar-refractivity contribution in [1.29, 1.82) is 5.26 Å². The van der Waals surface area contributed by atoms with Crippen molar-refractivity contribution in [1.82, 2.24) is 10.2 Å². The van der Waals surface area contributed by atoms with Crippen molar-refractivity contribution in [3.63, 3.8) is 0 Å². The van der Waals surface area contributed by atoms with Gasteiger partial charge in [-0.25, -0.2) is 4.39 Å². The topological polar surface area (TPSA) is 56.1 Å². The number of hydrogen-bond acceptors (Lipinski definition) is 3. The molecule has 0 aromatic rings. The fourth-order valence-electron chi connectivity index (χ4n) is 1.22. The Hall–Kier alpha value is -1.15. The van der Waals surface area contributed by atoms with Gasteiger partial charge in [0.1, 0.15) is 6.67 Å². The predicted molar refractivity (Wildman–Crippen MR) is 39.7 cm³/mol. The summed E-state index contributed by atoms with van der Waals surface area (Å²) < 4.78 is 12.5. The Labute approximate surface area is 70.0 Å². The van der Waals surface area contributed by atoms with Crippen molar-refractivity contribution in [2.75, 3.05) is 19.9 Å². The second-order valence-corrected chi connectivity index (χ2v) is 3.06. The van der Waals surface area contributed by atoms with Crippen LogP contribution in [0.3, 0.4) is 0 Å². The van der Waals surface area contributed by atoms with Gasteiger partial charge in [0.25, 0.3) is 0 Å². The highest BCUT2D eigenvalue weighted by atomic mass is 19.1. The van der Waals surface area contributed by atoms with Gasteiger partial charge in [0.2, 0.25) is 0 Å². The molecule has 12 heavy (non-hydrogen) atoms. The Morgan fingerprint density at radius 2 is 2.58 bits per heavy atom. The Morgan fingerprint density at radius 3 is 3.08 bits per heavy atom. The molecule has 4 nitrogen and oxygen atoms in total. The van der Waals surface area contributed by atoms with Crippen LogP contribution >= 0.6 is 0 Å². The van der Waals surface area contributed by atoms with Gasteiger partial charge < -0.3 is 4.90 Å². The number of rotatable bonds is 1. The van der Waals surface area contributed by atoms with Crippen LogP contribution in [0.25, 0.3) is 0 Å². The molecule has 0 aromatic heterocycles. The summed E-state index contributed by atoms with van der Waals surface area (Å²) in [6.07, 6.45) is 0. The van der Waals surface area contributed by atoms with Gasteiger partial charge in [0, 0.05) is 6.54 Å². The van der Waals surface area contributed by atoms with Gasteiger partial charge in [0.05, 0.1) is 12.2 Å². The van der Waals surface area contributed by atoms with Crippen LogP contribution in [0.15, 0.2) is 0 Å². The highest BCUT2D eigenvalue weighted by molar-refractivity contribution is 5.92. The maximum atomic E-state index is 12.5. The van der Waals surface area contributed by atoms with Crippen molar-refractivity contribution in [3.8, 4) is 6.07 Å². The van der Waals surface area contributed by atoms with E-state index in [1.165, 1.54) is 11.0 Å². The molecule has 0 spiro atoms. The number of hydrogen-bond donors (Lipinski definition) is 1. The van der Waals surface area contributed by atoms with Crippen LogP contribution in [0, 0.1) is 11.3 Å². The second-order valence-electron chi connectivity index (χ2n) is 3.06. The maximum absolute atomic E-state index is 12.5. The first-order valence-electron chi connectivity index (χ1n) is 3.62. The zero-order valence-corrected chi connectivity index (χ0v) is 6.80. The SMILES string of the molecule is CC1(CF)CNCN1C(=O)C#N. The number of nitrogens with one attached hydrogen (secondary N) is 1. The molecule has 0 aliphatic carbocycles. The number of halogens is 1. The van der Waals surface area contributed by atoms with Gasteiger partial charge in [-0.2, -0.15) is 5.26 Å². The van der Waals surface area contributed by atoms with E-state index in [0.717, 1.165) is 0 Å². The quantitative estimate of drug-likeness (QED) is 0.547. The minimum Gasteiger partial charge on any atom is -0.308 e. The zero-order valence-electron chi connectivity index (χ0n) is 6.80. The first kappa shape index (κ1) is 8.94. The number of nitrogens with zero attached hydrogens (tertiary/aromatic N) is 2. The van der Waals surface area contributed by atoms with E-state index in [9.17, 15) is 9.18 Å². The van der Waals surface area contributed by atoms with Crippen LogP contribution in [0.4, 0.5) is 4.39 Å². The van der Waals surface area contributed by atoms with Gasteiger partial charge in [0.15, 0.2) is 6.07 Å². The van der Waals surface area contributed by atoms with Crippen molar-refractivity contribution in [3.05, 3.63) is 0 Å². The van der Waals surface area contributed by atoms with E-state index in [-0.39, 0.29) is 6.67 Å². The second kappa shape index (κ2) is 3.07. The van der Waals surface area contributed by atoms with Crippen molar-refractivity contribution in [2.24, 2.45) is 0 Å². The predicted octanol–water partition coefficient (Wildman–Crippen LogP) is -0.373. The molecule has 1 N–H and O–H groups in total. The summed E-state index contributed by atoms with van der Waals surface area (Å²) >= 11 is 0. The van der Waals surface area contributed by atoms with Crippen molar-refractivity contribution < 1.29 is 9.18 Å². The Morgan fingerprint density at radius 1 is 1.92 bits per heavy atom. The molecule has 1 unspecified atom stereocenters. The summed E-state index contributed by atoms with van der Waals surface area (Å²) in [5.74, 6) is -0.680. The number of alkyl halides is 1. The smallest absolute Gasteiger partial charge is 0.308 e. The molecule has 0 bridgehead atoms. The largest absolute Gasteiger partial charge is 0.326 e. The van der Waals surface area contributed by atoms with E-state index < -0.39 is 18.1 Å². The Bertz CT molecular complexity index is 237. The molecule has 5 heteroatoms. The van der Waals surface area contributed by atoms with E-state index in [1.54, 1.807) is 6.92 Å². The highest BCUT2D eigenvalue weighted by Gasteiger charge is 2.39. The van der Waals surface area contributed by atoms with Gasteiger partial charge in [-0.1, -0.05) is 0 Å². The van der Waals surface area contributed by atoms with Gasteiger partial charge in [-0.05, 0) is 6.92 Å². The molecule has 1 fully saturated rings. The first-order valence-corrected chi connectivity index (χ1v) is 3.62. The van der Waals surface area contributed by atoms with Crippen LogP contribution < -0.4 is 5.32 Å². The third-order valence-electron chi connectivity index (χ3n) is 2.06. The monoisotopic (exact) mass is 171 g/mol. The van der Waals surface area contributed by atoms with Gasteiger partial charge in [-0.3, -0.25) is 10.1 Å². The number of amides is 1. The summed E-state index contributed by atoms with van der Waals surface area (Å²) in [5.41, 5.74) is -0.840. The molecular formula is C7H10FN3O. The molecule has 1 aliphatic rings. The molecule has 1 saturated heterocycles. The average Bonchev–Trinajstić information content (AvgIpc) is 2.47. The van der Waals surface area contributed by atoms with E-state index >= 15 is 0 Å². The van der Waals surface area contributed by atoms with Gasteiger partial charge in [-0.15, -0.1) is 0 Å². The summed E-state index contributed by atoms with van der Waals surface area (Å²) in [7, 11) is 0. The van der Waals surface area contributed by atoms with Crippen LogP contribution in [-0.4, -0.2) is 36.2 Å². The third kappa shape index (κ3) is 1.25. The molecular weight excluding hydrogens is 161 g/mol. The molecule has 0 aromatic carbocycles. The van der Waals surface area contributed by atoms with Crippen LogP contribution in [0.5, 0.6) is 0 Å². The molecule has 0 saturated carbocycles.